The average molecular weight is 514 g/mol. The van der Waals surface area contributed by atoms with Crippen molar-refractivity contribution in [2.24, 2.45) is 0 Å². The van der Waals surface area contributed by atoms with E-state index in [4.69, 9.17) is 0 Å². The second kappa shape index (κ2) is 9.79. The molecular formula is C25H29BrN4OS. The van der Waals surface area contributed by atoms with E-state index in [9.17, 15) is 4.79 Å². The summed E-state index contributed by atoms with van der Waals surface area (Å²) in [5, 5.41) is 9.76. The molecule has 32 heavy (non-hydrogen) atoms. The summed E-state index contributed by atoms with van der Waals surface area (Å²) in [6, 6.07) is 15.1. The van der Waals surface area contributed by atoms with Crippen molar-refractivity contribution in [1.29, 1.82) is 0 Å². The first-order chi connectivity index (χ1) is 15.3. The summed E-state index contributed by atoms with van der Waals surface area (Å²) in [5.74, 6) is 1.31. The number of nitrogens with zero attached hydrogens (tertiary/aromatic N) is 4. The summed E-state index contributed by atoms with van der Waals surface area (Å²) >= 11 is 4.97. The molecule has 2 heterocycles. The maximum Gasteiger partial charge on any atom is 0.233 e. The Morgan fingerprint density at radius 3 is 2.28 bits per heavy atom. The predicted octanol–water partition coefficient (Wildman–Crippen LogP) is 6.20. The third-order valence-electron chi connectivity index (χ3n) is 6.01. The maximum atomic E-state index is 13.1. The van der Waals surface area contributed by atoms with Crippen LogP contribution in [0.15, 0.2) is 52.1 Å². The third-order valence-corrected chi connectivity index (χ3v) is 7.45. The average Bonchev–Trinajstić information content (AvgIpc) is 3.16. The Balaban J connectivity index is 1.67. The van der Waals surface area contributed by atoms with Crippen LogP contribution in [-0.2, 0) is 4.79 Å². The van der Waals surface area contributed by atoms with Gasteiger partial charge in [0.25, 0.3) is 0 Å². The van der Waals surface area contributed by atoms with Crippen molar-refractivity contribution in [1.82, 2.24) is 19.7 Å². The van der Waals surface area contributed by atoms with E-state index in [2.05, 4.69) is 81.5 Å². The molecule has 2 unspecified atom stereocenters. The van der Waals surface area contributed by atoms with E-state index in [0.29, 0.717) is 17.8 Å². The van der Waals surface area contributed by atoms with Crippen LogP contribution in [0, 0.1) is 13.8 Å². The van der Waals surface area contributed by atoms with E-state index in [1.54, 1.807) is 0 Å². The number of rotatable bonds is 5. The van der Waals surface area contributed by atoms with Crippen molar-refractivity contribution >= 4 is 33.6 Å². The Morgan fingerprint density at radius 1 is 1.03 bits per heavy atom. The fourth-order valence-electron chi connectivity index (χ4n) is 4.58. The first-order valence-electron chi connectivity index (χ1n) is 11.1. The van der Waals surface area contributed by atoms with Gasteiger partial charge < -0.3 is 4.90 Å². The number of hydrogen-bond donors (Lipinski definition) is 0. The number of piperidine rings is 1. The third kappa shape index (κ3) is 4.94. The van der Waals surface area contributed by atoms with Crippen LogP contribution in [-0.4, -0.2) is 43.4 Å². The highest BCUT2D eigenvalue weighted by Crippen LogP contribution is 2.31. The molecule has 1 aromatic heterocycles. The van der Waals surface area contributed by atoms with Gasteiger partial charge >= 0.3 is 0 Å². The smallest absolute Gasteiger partial charge is 0.233 e. The highest BCUT2D eigenvalue weighted by Gasteiger charge is 2.29. The normalized spacial score (nSPS) is 18.7. The van der Waals surface area contributed by atoms with Crippen molar-refractivity contribution in [2.75, 3.05) is 5.75 Å². The molecule has 0 aliphatic carbocycles. The van der Waals surface area contributed by atoms with Crippen molar-refractivity contribution in [3.8, 4) is 17.1 Å². The van der Waals surface area contributed by atoms with Gasteiger partial charge in [-0.15, -0.1) is 10.2 Å². The van der Waals surface area contributed by atoms with Gasteiger partial charge in [-0.05, 0) is 82.3 Å². The van der Waals surface area contributed by atoms with Gasteiger partial charge in [0.15, 0.2) is 11.0 Å². The van der Waals surface area contributed by atoms with Gasteiger partial charge in [0, 0.05) is 22.1 Å². The standard InChI is InChI=1S/C25H29BrN4OS/c1-16-12-17(2)14-22(13-16)30-24(20-8-10-21(26)11-9-20)27-28-25(30)32-15-23(31)29-18(3)6-5-7-19(29)4/h8-14,18-19H,5-7,15H2,1-4H3. The highest BCUT2D eigenvalue weighted by atomic mass is 79.9. The molecule has 0 N–H and O–H groups in total. The van der Waals surface area contributed by atoms with E-state index >= 15 is 0 Å². The topological polar surface area (TPSA) is 51.0 Å². The largest absolute Gasteiger partial charge is 0.337 e. The number of aromatic nitrogens is 3. The lowest BCUT2D eigenvalue weighted by Crippen LogP contribution is -2.48. The molecule has 2 aromatic carbocycles. The number of aryl methyl sites for hydroxylation is 2. The van der Waals surface area contributed by atoms with Gasteiger partial charge in [-0.1, -0.05) is 45.9 Å². The first-order valence-corrected chi connectivity index (χ1v) is 12.9. The summed E-state index contributed by atoms with van der Waals surface area (Å²) in [7, 11) is 0. The zero-order valence-electron chi connectivity index (χ0n) is 19.0. The highest BCUT2D eigenvalue weighted by molar-refractivity contribution is 9.10. The maximum absolute atomic E-state index is 13.1. The molecule has 3 aromatic rings. The summed E-state index contributed by atoms with van der Waals surface area (Å²) < 4.78 is 3.09. The van der Waals surface area contributed by atoms with Crippen LogP contribution in [0.3, 0.4) is 0 Å². The molecule has 168 valence electrons. The lowest BCUT2D eigenvalue weighted by molar-refractivity contribution is -0.134. The fourth-order valence-corrected chi connectivity index (χ4v) is 5.66. The number of benzene rings is 2. The van der Waals surface area contributed by atoms with Gasteiger partial charge in [-0.2, -0.15) is 0 Å². The summed E-state index contributed by atoms with van der Waals surface area (Å²) in [6.45, 7) is 8.50. The summed E-state index contributed by atoms with van der Waals surface area (Å²) in [5.41, 5.74) is 4.35. The van der Waals surface area contributed by atoms with Gasteiger partial charge in [0.2, 0.25) is 5.91 Å². The number of likely N-dealkylation sites (tertiary alicyclic amines) is 1. The Bertz CT molecular complexity index is 1080. The van der Waals surface area contributed by atoms with Gasteiger partial charge in [0.05, 0.1) is 11.4 Å². The minimum absolute atomic E-state index is 0.176. The van der Waals surface area contributed by atoms with Crippen molar-refractivity contribution < 1.29 is 4.79 Å². The van der Waals surface area contributed by atoms with Crippen LogP contribution in [0.1, 0.15) is 44.2 Å². The number of carbonyl (C=O) groups is 1. The van der Waals surface area contributed by atoms with Gasteiger partial charge in [0.1, 0.15) is 0 Å². The van der Waals surface area contributed by atoms with E-state index in [0.717, 1.165) is 39.5 Å². The Hall–Kier alpha value is -2.12. The Labute approximate surface area is 202 Å². The first kappa shape index (κ1) is 23.1. The van der Waals surface area contributed by atoms with E-state index < -0.39 is 0 Å². The number of carbonyl (C=O) groups excluding carboxylic acids is 1. The summed E-state index contributed by atoms with van der Waals surface area (Å²) in [4.78, 5) is 15.2. The lowest BCUT2D eigenvalue weighted by atomic mass is 9.98. The quantitative estimate of drug-likeness (QED) is 0.382. The minimum atomic E-state index is 0.176. The fraction of sp³-hybridized carbons (Fsp3) is 0.400. The lowest BCUT2D eigenvalue weighted by Gasteiger charge is -2.39. The second-order valence-electron chi connectivity index (χ2n) is 8.71. The Morgan fingerprint density at radius 2 is 1.66 bits per heavy atom. The van der Waals surface area contributed by atoms with Crippen LogP contribution in [0.4, 0.5) is 0 Å². The molecule has 7 heteroatoms. The molecule has 1 amide bonds. The molecule has 1 aliphatic heterocycles. The van der Waals surface area contributed by atoms with Crippen LogP contribution in [0.5, 0.6) is 0 Å². The van der Waals surface area contributed by atoms with Crippen molar-refractivity contribution in [3.63, 3.8) is 0 Å². The molecule has 0 spiro atoms. The minimum Gasteiger partial charge on any atom is -0.337 e. The van der Waals surface area contributed by atoms with Crippen LogP contribution in [0.2, 0.25) is 0 Å². The van der Waals surface area contributed by atoms with Crippen LogP contribution >= 0.6 is 27.7 Å². The molecule has 5 nitrogen and oxygen atoms in total. The zero-order chi connectivity index (χ0) is 22.8. The molecule has 1 aliphatic rings. The van der Waals surface area contributed by atoms with E-state index in [-0.39, 0.29) is 5.91 Å². The molecule has 2 atom stereocenters. The second-order valence-corrected chi connectivity index (χ2v) is 10.6. The molecule has 1 saturated heterocycles. The molecule has 0 bridgehead atoms. The van der Waals surface area contributed by atoms with E-state index in [1.807, 2.05) is 24.3 Å². The Kier molecular flexibility index (Phi) is 7.05. The zero-order valence-corrected chi connectivity index (χ0v) is 21.4. The van der Waals surface area contributed by atoms with Crippen LogP contribution in [0.25, 0.3) is 17.1 Å². The number of halogens is 1. The van der Waals surface area contributed by atoms with E-state index in [1.165, 1.54) is 29.3 Å². The molecule has 4 rings (SSSR count). The number of hydrogen-bond acceptors (Lipinski definition) is 4. The predicted molar refractivity (Wildman–Crippen MR) is 134 cm³/mol. The number of amides is 1. The SMILES string of the molecule is Cc1cc(C)cc(-n2c(SCC(=O)N3C(C)CCCC3C)nnc2-c2ccc(Br)cc2)c1. The molecular weight excluding hydrogens is 484 g/mol. The van der Waals surface area contributed by atoms with Crippen LogP contribution < -0.4 is 0 Å². The number of thioether (sulfide) groups is 1. The molecule has 0 radical (unpaired) electrons. The van der Waals surface area contributed by atoms with Gasteiger partial charge in [-0.25, -0.2) is 0 Å². The summed E-state index contributed by atoms with van der Waals surface area (Å²) in [6.07, 6.45) is 3.34. The monoisotopic (exact) mass is 512 g/mol. The van der Waals surface area contributed by atoms with Crippen molar-refractivity contribution in [2.45, 2.75) is 64.2 Å². The van der Waals surface area contributed by atoms with Crippen molar-refractivity contribution in [3.05, 3.63) is 58.1 Å². The molecule has 1 fully saturated rings. The van der Waals surface area contributed by atoms with Gasteiger partial charge in [-0.3, -0.25) is 9.36 Å². The molecule has 0 saturated carbocycles.